The van der Waals surface area contributed by atoms with Crippen LogP contribution in [0.15, 0.2) is 84.0 Å². The number of nitrogens with one attached hydrogen (secondary N) is 3. The number of benzene rings is 3. The van der Waals surface area contributed by atoms with Crippen molar-refractivity contribution in [2.24, 2.45) is 5.10 Å². The monoisotopic (exact) mass is 478 g/mol. The molecule has 3 amide bonds. The van der Waals surface area contributed by atoms with Gasteiger partial charge in [0.25, 0.3) is 5.91 Å². The zero-order valence-corrected chi connectivity index (χ0v) is 19.1. The van der Waals surface area contributed by atoms with E-state index in [9.17, 15) is 14.4 Å². The first-order valence-corrected chi connectivity index (χ1v) is 10.8. The van der Waals surface area contributed by atoms with Gasteiger partial charge >= 0.3 is 11.8 Å². The molecule has 3 rings (SSSR count). The maximum absolute atomic E-state index is 12.1. The largest absolute Gasteiger partial charge is 0.484 e. The quantitative estimate of drug-likeness (QED) is 0.260. The molecule has 0 bridgehead atoms. The van der Waals surface area contributed by atoms with Crippen molar-refractivity contribution in [3.8, 4) is 5.75 Å². The minimum atomic E-state index is -0.938. The first-order chi connectivity index (χ1) is 16.4. The van der Waals surface area contributed by atoms with Crippen LogP contribution in [0.25, 0.3) is 0 Å². The maximum atomic E-state index is 12.1. The number of para-hydroxylation sites is 1. The molecule has 0 heterocycles. The van der Waals surface area contributed by atoms with Gasteiger partial charge in [0.1, 0.15) is 5.75 Å². The van der Waals surface area contributed by atoms with E-state index in [1.807, 2.05) is 37.3 Å². The highest BCUT2D eigenvalue weighted by molar-refractivity contribution is 6.41. The average molecular weight is 479 g/mol. The maximum Gasteiger partial charge on any atom is 0.329 e. The van der Waals surface area contributed by atoms with E-state index in [1.54, 1.807) is 48.5 Å². The van der Waals surface area contributed by atoms with Crippen molar-refractivity contribution in [1.82, 2.24) is 10.7 Å². The number of anilines is 1. The molecule has 0 aliphatic heterocycles. The summed E-state index contributed by atoms with van der Waals surface area (Å²) in [7, 11) is 0. The van der Waals surface area contributed by atoms with Gasteiger partial charge in [0, 0.05) is 0 Å². The smallest absolute Gasteiger partial charge is 0.329 e. The fourth-order valence-electron chi connectivity index (χ4n) is 2.87. The number of ether oxygens (including phenoxy) is 1. The normalized spacial score (nSPS) is 11.5. The van der Waals surface area contributed by atoms with Gasteiger partial charge in [-0.2, -0.15) is 5.10 Å². The summed E-state index contributed by atoms with van der Waals surface area (Å²) in [5.41, 5.74) is 4.14. The molecule has 3 aromatic rings. The van der Waals surface area contributed by atoms with Gasteiger partial charge in [-0.25, -0.2) is 5.43 Å². The summed E-state index contributed by atoms with van der Waals surface area (Å²) in [5.74, 6) is -1.57. The Morgan fingerprint density at radius 3 is 2.32 bits per heavy atom. The van der Waals surface area contributed by atoms with Crippen LogP contribution in [0.2, 0.25) is 5.02 Å². The molecular formula is C25H23ClN4O4. The molecule has 0 spiro atoms. The lowest BCUT2D eigenvalue weighted by Gasteiger charge is -2.14. The van der Waals surface area contributed by atoms with Crippen molar-refractivity contribution in [2.45, 2.75) is 13.0 Å². The predicted octanol–water partition coefficient (Wildman–Crippen LogP) is 3.69. The molecule has 0 aliphatic carbocycles. The van der Waals surface area contributed by atoms with Crippen molar-refractivity contribution >= 4 is 41.2 Å². The lowest BCUT2D eigenvalue weighted by atomic mass is 10.1. The Bertz CT molecular complexity index is 1170. The molecule has 0 fully saturated rings. The first kappa shape index (κ1) is 24.5. The van der Waals surface area contributed by atoms with Crippen LogP contribution in [0.3, 0.4) is 0 Å². The van der Waals surface area contributed by atoms with E-state index < -0.39 is 11.8 Å². The second kappa shape index (κ2) is 12.2. The van der Waals surface area contributed by atoms with E-state index >= 15 is 0 Å². The zero-order valence-electron chi connectivity index (χ0n) is 18.3. The van der Waals surface area contributed by atoms with E-state index in [2.05, 4.69) is 21.2 Å². The van der Waals surface area contributed by atoms with Crippen molar-refractivity contribution in [3.63, 3.8) is 0 Å². The Labute approximate surface area is 202 Å². The SMILES string of the molecule is C[C@H](NC(=O)COc1ccc(/C=N\NC(=O)C(=O)Nc2ccccc2Cl)cc1)c1ccccc1. The van der Waals surface area contributed by atoms with Crippen LogP contribution in [-0.4, -0.2) is 30.5 Å². The molecule has 0 unspecified atom stereocenters. The lowest BCUT2D eigenvalue weighted by Crippen LogP contribution is -2.32. The summed E-state index contributed by atoms with van der Waals surface area (Å²) in [6, 6.07) is 22.8. The third-order valence-electron chi connectivity index (χ3n) is 4.64. The summed E-state index contributed by atoms with van der Waals surface area (Å²) in [6.45, 7) is 1.78. The van der Waals surface area contributed by atoms with E-state index in [0.717, 1.165) is 5.56 Å². The molecule has 8 nitrogen and oxygen atoms in total. The number of nitrogens with zero attached hydrogens (tertiary/aromatic N) is 1. The average Bonchev–Trinajstić information content (AvgIpc) is 2.85. The summed E-state index contributed by atoms with van der Waals surface area (Å²) >= 11 is 5.95. The Kier molecular flexibility index (Phi) is 8.76. The van der Waals surface area contributed by atoms with Gasteiger partial charge in [0.05, 0.1) is 23.0 Å². The molecule has 9 heteroatoms. The second-order valence-corrected chi connectivity index (χ2v) is 7.60. The van der Waals surface area contributed by atoms with E-state index in [0.29, 0.717) is 22.0 Å². The number of halogens is 1. The van der Waals surface area contributed by atoms with Gasteiger partial charge in [-0.15, -0.1) is 0 Å². The van der Waals surface area contributed by atoms with Gasteiger partial charge in [-0.05, 0) is 54.4 Å². The van der Waals surface area contributed by atoms with Gasteiger partial charge in [0.2, 0.25) is 0 Å². The van der Waals surface area contributed by atoms with Crippen LogP contribution in [0.1, 0.15) is 24.1 Å². The fourth-order valence-corrected chi connectivity index (χ4v) is 3.05. The Balaban J connectivity index is 1.42. The van der Waals surface area contributed by atoms with E-state index in [-0.39, 0.29) is 18.6 Å². The Morgan fingerprint density at radius 2 is 1.62 bits per heavy atom. The van der Waals surface area contributed by atoms with E-state index in [1.165, 1.54) is 6.21 Å². The van der Waals surface area contributed by atoms with Crippen molar-refractivity contribution in [2.75, 3.05) is 11.9 Å². The molecule has 0 radical (unpaired) electrons. The molecule has 3 aromatic carbocycles. The molecule has 0 saturated heterocycles. The number of rotatable bonds is 8. The highest BCUT2D eigenvalue weighted by atomic mass is 35.5. The van der Waals surface area contributed by atoms with Crippen molar-refractivity contribution < 1.29 is 19.1 Å². The summed E-state index contributed by atoms with van der Waals surface area (Å²) < 4.78 is 5.51. The standard InChI is InChI=1S/C25H23ClN4O4/c1-17(19-7-3-2-4-8-19)28-23(31)16-34-20-13-11-18(12-14-20)15-27-30-25(33)24(32)29-22-10-6-5-9-21(22)26/h2-15,17H,16H2,1H3,(H,28,31)(H,29,32)(H,30,33)/b27-15-/t17-/m0/s1. The molecule has 0 aliphatic rings. The van der Waals surface area contributed by atoms with Crippen LogP contribution in [0.4, 0.5) is 5.69 Å². The highest BCUT2D eigenvalue weighted by Gasteiger charge is 2.14. The number of hydrogen-bond acceptors (Lipinski definition) is 5. The minimum Gasteiger partial charge on any atom is -0.484 e. The Hall–Kier alpha value is -4.17. The summed E-state index contributed by atoms with van der Waals surface area (Å²) in [4.78, 5) is 35.9. The number of amides is 3. The Morgan fingerprint density at radius 1 is 0.941 bits per heavy atom. The van der Waals surface area contributed by atoms with Crippen molar-refractivity contribution in [1.29, 1.82) is 0 Å². The number of carbonyl (C=O) groups excluding carboxylic acids is 3. The molecule has 0 aromatic heterocycles. The molecule has 0 saturated carbocycles. The number of hydrazone groups is 1. The molecule has 174 valence electrons. The summed E-state index contributed by atoms with van der Waals surface area (Å²) in [5, 5.41) is 9.37. The van der Waals surface area contributed by atoms with Gasteiger partial charge in [0.15, 0.2) is 6.61 Å². The number of hydrogen-bond donors (Lipinski definition) is 3. The fraction of sp³-hybridized carbons (Fsp3) is 0.120. The van der Waals surface area contributed by atoms with Crippen LogP contribution in [0.5, 0.6) is 5.75 Å². The predicted molar refractivity (Wildman–Crippen MR) is 131 cm³/mol. The lowest BCUT2D eigenvalue weighted by molar-refractivity contribution is -0.136. The van der Waals surface area contributed by atoms with Gasteiger partial charge < -0.3 is 15.4 Å². The highest BCUT2D eigenvalue weighted by Crippen LogP contribution is 2.20. The minimum absolute atomic E-state index is 0.124. The third-order valence-corrected chi connectivity index (χ3v) is 4.96. The molecule has 1 atom stereocenters. The second-order valence-electron chi connectivity index (χ2n) is 7.19. The molecular weight excluding hydrogens is 456 g/mol. The topological polar surface area (TPSA) is 109 Å². The van der Waals surface area contributed by atoms with Gasteiger partial charge in [-0.1, -0.05) is 54.1 Å². The van der Waals surface area contributed by atoms with Crippen molar-refractivity contribution in [3.05, 3.63) is 95.0 Å². The van der Waals surface area contributed by atoms with Gasteiger partial charge in [-0.3, -0.25) is 14.4 Å². The molecule has 34 heavy (non-hydrogen) atoms. The van der Waals surface area contributed by atoms with Crippen LogP contribution >= 0.6 is 11.6 Å². The van der Waals surface area contributed by atoms with Crippen LogP contribution < -0.4 is 20.8 Å². The van der Waals surface area contributed by atoms with Crippen LogP contribution in [0, 0.1) is 0 Å². The summed E-state index contributed by atoms with van der Waals surface area (Å²) in [6.07, 6.45) is 1.37. The first-order valence-electron chi connectivity index (χ1n) is 10.4. The van der Waals surface area contributed by atoms with Crippen LogP contribution in [-0.2, 0) is 14.4 Å². The number of carbonyl (C=O) groups is 3. The zero-order chi connectivity index (χ0) is 24.3. The van der Waals surface area contributed by atoms with E-state index in [4.69, 9.17) is 16.3 Å². The molecule has 3 N–H and O–H groups in total. The third kappa shape index (κ3) is 7.46.